The lowest BCUT2D eigenvalue weighted by Crippen LogP contribution is -2.41. The third kappa shape index (κ3) is 4.94. The van der Waals surface area contributed by atoms with Crippen LogP contribution in [0.25, 0.3) is 5.69 Å². The van der Waals surface area contributed by atoms with Crippen LogP contribution in [0.2, 0.25) is 0 Å². The molecule has 1 aliphatic carbocycles. The zero-order chi connectivity index (χ0) is 23.5. The van der Waals surface area contributed by atoms with Gasteiger partial charge in [-0.25, -0.2) is 4.79 Å². The van der Waals surface area contributed by atoms with Crippen molar-refractivity contribution in [1.82, 2.24) is 19.4 Å². The number of benzene rings is 2. The van der Waals surface area contributed by atoms with Gasteiger partial charge in [0.25, 0.3) is 0 Å². The van der Waals surface area contributed by atoms with Crippen LogP contribution < -0.4 is 15.7 Å². The number of rotatable bonds is 6. The number of likely N-dealkylation sites (tertiary alicyclic amines) is 1. The standard InChI is InChI=1S/C27H32N4O3/c1-20(32)28-21-15-16-29(19-21)22-7-9-23(10-8-22)30-17-18-31(27(30)33)24-11-13-26(14-12-24)34-25-5-3-2-4-6-25/h2-6,11-14,17-18,21-23H,7-10,15-16,19H2,1H3,(H,28,32). The zero-order valence-corrected chi connectivity index (χ0v) is 19.6. The molecule has 2 heterocycles. The summed E-state index contributed by atoms with van der Waals surface area (Å²) < 4.78 is 9.46. The van der Waals surface area contributed by atoms with E-state index in [1.165, 1.54) is 0 Å². The second-order valence-corrected chi connectivity index (χ2v) is 9.41. The molecule has 1 amide bonds. The Bertz CT molecular complexity index is 1160. The fourth-order valence-corrected chi connectivity index (χ4v) is 5.39. The summed E-state index contributed by atoms with van der Waals surface area (Å²) in [5, 5.41) is 3.05. The minimum absolute atomic E-state index is 0.00655. The average Bonchev–Trinajstić information content (AvgIpc) is 3.47. The van der Waals surface area contributed by atoms with Gasteiger partial charge in [-0.2, -0.15) is 0 Å². The second-order valence-electron chi connectivity index (χ2n) is 9.41. The molecule has 1 unspecified atom stereocenters. The molecular weight excluding hydrogens is 428 g/mol. The van der Waals surface area contributed by atoms with Crippen LogP contribution in [-0.4, -0.2) is 45.1 Å². The number of aromatic nitrogens is 2. The van der Waals surface area contributed by atoms with Gasteiger partial charge in [0.2, 0.25) is 5.91 Å². The number of ether oxygens (including phenoxy) is 1. The van der Waals surface area contributed by atoms with Crippen LogP contribution in [0.1, 0.15) is 45.1 Å². The first-order valence-corrected chi connectivity index (χ1v) is 12.2. The average molecular weight is 461 g/mol. The molecule has 2 aliphatic rings. The van der Waals surface area contributed by atoms with Crippen molar-refractivity contribution in [2.75, 3.05) is 13.1 Å². The van der Waals surface area contributed by atoms with Crippen LogP contribution in [0.15, 0.2) is 71.8 Å². The molecule has 1 aliphatic heterocycles. The van der Waals surface area contributed by atoms with E-state index in [1.54, 1.807) is 11.5 Å². The Morgan fingerprint density at radius 2 is 1.56 bits per heavy atom. The quantitative estimate of drug-likeness (QED) is 0.601. The van der Waals surface area contributed by atoms with Gasteiger partial charge in [-0.3, -0.25) is 18.8 Å². The van der Waals surface area contributed by atoms with Crippen molar-refractivity contribution in [2.45, 2.75) is 57.2 Å². The van der Waals surface area contributed by atoms with E-state index in [0.717, 1.165) is 62.4 Å². The molecule has 7 nitrogen and oxygen atoms in total. The molecule has 1 atom stereocenters. The number of hydrogen-bond acceptors (Lipinski definition) is 4. The molecule has 0 bridgehead atoms. The van der Waals surface area contributed by atoms with Gasteiger partial charge in [0, 0.05) is 50.5 Å². The molecule has 3 aromatic rings. The molecule has 0 spiro atoms. The summed E-state index contributed by atoms with van der Waals surface area (Å²) >= 11 is 0. The molecule has 1 saturated carbocycles. The summed E-state index contributed by atoms with van der Waals surface area (Å²) in [5.74, 6) is 1.58. The minimum Gasteiger partial charge on any atom is -0.457 e. The lowest BCUT2D eigenvalue weighted by atomic mass is 9.90. The highest BCUT2D eigenvalue weighted by atomic mass is 16.5. The Hall–Kier alpha value is -3.32. The van der Waals surface area contributed by atoms with Crippen LogP contribution in [0.3, 0.4) is 0 Å². The highest BCUT2D eigenvalue weighted by molar-refractivity contribution is 5.73. The van der Waals surface area contributed by atoms with E-state index in [0.29, 0.717) is 6.04 Å². The minimum atomic E-state index is 0.00655. The van der Waals surface area contributed by atoms with Crippen molar-refractivity contribution in [3.8, 4) is 17.2 Å². The van der Waals surface area contributed by atoms with Gasteiger partial charge in [-0.05, 0) is 68.5 Å². The highest BCUT2D eigenvalue weighted by Gasteiger charge is 2.32. The smallest absolute Gasteiger partial charge is 0.332 e. The first kappa shape index (κ1) is 22.5. The number of para-hydroxylation sites is 1. The summed E-state index contributed by atoms with van der Waals surface area (Å²) in [4.78, 5) is 27.0. The Morgan fingerprint density at radius 1 is 0.882 bits per heavy atom. The normalized spacial score (nSPS) is 23.0. The van der Waals surface area contributed by atoms with Gasteiger partial charge in [0.05, 0.1) is 5.69 Å². The topological polar surface area (TPSA) is 68.5 Å². The van der Waals surface area contributed by atoms with Crippen LogP contribution in [0.4, 0.5) is 0 Å². The SMILES string of the molecule is CC(=O)NC1CCN(C2CCC(n3ccn(-c4ccc(Oc5ccccc5)cc4)c3=O)CC2)C1. The molecule has 178 valence electrons. The molecule has 1 saturated heterocycles. The third-order valence-corrected chi connectivity index (χ3v) is 7.10. The van der Waals surface area contributed by atoms with E-state index in [-0.39, 0.29) is 23.7 Å². The number of carbonyl (C=O) groups excluding carboxylic acids is 1. The molecule has 7 heteroatoms. The van der Waals surface area contributed by atoms with Gasteiger partial charge in [0.1, 0.15) is 11.5 Å². The van der Waals surface area contributed by atoms with E-state index >= 15 is 0 Å². The molecule has 1 aromatic heterocycles. The van der Waals surface area contributed by atoms with Gasteiger partial charge in [-0.1, -0.05) is 18.2 Å². The summed E-state index contributed by atoms with van der Waals surface area (Å²) in [7, 11) is 0. The molecule has 5 rings (SSSR count). The largest absolute Gasteiger partial charge is 0.457 e. The number of imidazole rings is 1. The number of nitrogens with zero attached hydrogens (tertiary/aromatic N) is 3. The Morgan fingerprint density at radius 3 is 2.26 bits per heavy atom. The van der Waals surface area contributed by atoms with Crippen molar-refractivity contribution in [3.63, 3.8) is 0 Å². The third-order valence-electron chi connectivity index (χ3n) is 7.10. The van der Waals surface area contributed by atoms with Crippen molar-refractivity contribution in [2.24, 2.45) is 0 Å². The summed E-state index contributed by atoms with van der Waals surface area (Å²) in [5.41, 5.74) is 0.839. The summed E-state index contributed by atoms with van der Waals surface area (Å²) in [6.07, 6.45) is 8.97. The van der Waals surface area contributed by atoms with E-state index in [2.05, 4.69) is 10.2 Å². The first-order chi connectivity index (χ1) is 16.6. The van der Waals surface area contributed by atoms with Crippen LogP contribution in [-0.2, 0) is 4.79 Å². The molecule has 34 heavy (non-hydrogen) atoms. The van der Waals surface area contributed by atoms with Crippen LogP contribution >= 0.6 is 0 Å². The molecule has 2 fully saturated rings. The number of nitrogens with one attached hydrogen (secondary N) is 1. The fraction of sp³-hybridized carbons (Fsp3) is 0.407. The van der Waals surface area contributed by atoms with Crippen molar-refractivity contribution in [3.05, 3.63) is 77.5 Å². The van der Waals surface area contributed by atoms with E-state index in [1.807, 2.05) is 71.6 Å². The Kier molecular flexibility index (Phi) is 6.54. The Balaban J connectivity index is 1.19. The van der Waals surface area contributed by atoms with E-state index < -0.39 is 0 Å². The van der Waals surface area contributed by atoms with Gasteiger partial charge in [-0.15, -0.1) is 0 Å². The number of amides is 1. The maximum absolute atomic E-state index is 13.2. The van der Waals surface area contributed by atoms with Crippen LogP contribution in [0, 0.1) is 0 Å². The number of hydrogen-bond donors (Lipinski definition) is 1. The highest BCUT2D eigenvalue weighted by Crippen LogP contribution is 2.32. The maximum Gasteiger partial charge on any atom is 0.332 e. The predicted octanol–water partition coefficient (Wildman–Crippen LogP) is 4.13. The Labute approximate surface area is 200 Å². The predicted molar refractivity (Wildman–Crippen MR) is 132 cm³/mol. The summed E-state index contributed by atoms with van der Waals surface area (Å²) in [6, 6.07) is 18.3. The molecular formula is C27H32N4O3. The second kappa shape index (κ2) is 9.89. The maximum atomic E-state index is 13.2. The first-order valence-electron chi connectivity index (χ1n) is 12.2. The molecule has 2 aromatic carbocycles. The monoisotopic (exact) mass is 460 g/mol. The van der Waals surface area contributed by atoms with Crippen molar-refractivity contribution >= 4 is 5.91 Å². The van der Waals surface area contributed by atoms with Crippen molar-refractivity contribution in [1.29, 1.82) is 0 Å². The van der Waals surface area contributed by atoms with Crippen molar-refractivity contribution < 1.29 is 9.53 Å². The van der Waals surface area contributed by atoms with E-state index in [9.17, 15) is 9.59 Å². The summed E-state index contributed by atoms with van der Waals surface area (Å²) in [6.45, 7) is 3.57. The van der Waals surface area contributed by atoms with Gasteiger partial charge in [0.15, 0.2) is 0 Å². The zero-order valence-electron chi connectivity index (χ0n) is 19.6. The molecule has 0 radical (unpaired) electrons. The molecule has 1 N–H and O–H groups in total. The van der Waals surface area contributed by atoms with Crippen LogP contribution in [0.5, 0.6) is 11.5 Å². The lowest BCUT2D eigenvalue weighted by molar-refractivity contribution is -0.119. The van der Waals surface area contributed by atoms with E-state index in [4.69, 9.17) is 4.74 Å². The van der Waals surface area contributed by atoms with Gasteiger partial charge >= 0.3 is 5.69 Å². The van der Waals surface area contributed by atoms with Gasteiger partial charge < -0.3 is 10.1 Å². The fourth-order valence-electron chi connectivity index (χ4n) is 5.39. The lowest BCUT2D eigenvalue weighted by Gasteiger charge is -2.34. The number of carbonyl (C=O) groups is 1.